The van der Waals surface area contributed by atoms with Crippen LogP contribution >= 0.6 is 23.2 Å². The van der Waals surface area contributed by atoms with E-state index in [9.17, 15) is 17.6 Å². The van der Waals surface area contributed by atoms with Gasteiger partial charge in [0, 0.05) is 5.69 Å². The van der Waals surface area contributed by atoms with Crippen LogP contribution in [0.2, 0.25) is 10.0 Å². The van der Waals surface area contributed by atoms with Crippen LogP contribution in [-0.4, -0.2) is 27.1 Å². The van der Waals surface area contributed by atoms with Crippen molar-refractivity contribution < 1.29 is 17.6 Å². The van der Waals surface area contributed by atoms with Crippen LogP contribution in [0.4, 0.5) is 15.8 Å². The van der Waals surface area contributed by atoms with Crippen molar-refractivity contribution in [3.63, 3.8) is 0 Å². The van der Waals surface area contributed by atoms with Crippen molar-refractivity contribution in [3.8, 4) is 0 Å². The first-order chi connectivity index (χ1) is 11.2. The number of nitrogens with one attached hydrogen (secondary N) is 1. The molecule has 0 unspecified atom stereocenters. The van der Waals surface area contributed by atoms with Crippen LogP contribution < -0.4 is 9.62 Å². The van der Waals surface area contributed by atoms with Crippen LogP contribution in [-0.2, 0) is 14.8 Å². The highest BCUT2D eigenvalue weighted by atomic mass is 35.5. The summed E-state index contributed by atoms with van der Waals surface area (Å²) >= 11 is 11.6. The molecule has 0 radical (unpaired) electrons. The molecular formula is C15H13Cl2FN2O3S. The summed E-state index contributed by atoms with van der Waals surface area (Å²) in [5.41, 5.74) is 0.140. The summed E-state index contributed by atoms with van der Waals surface area (Å²) in [6.07, 6.45) is 0.895. The predicted octanol–water partition coefficient (Wildman–Crippen LogP) is 3.54. The SMILES string of the molecule is CS(=O)(=O)N(CC(=O)Nc1ccc(Cl)c(Cl)c1)c1ccccc1F. The Bertz CT molecular complexity index is 875. The molecular weight excluding hydrogens is 378 g/mol. The van der Waals surface area contributed by atoms with E-state index in [1.54, 1.807) is 0 Å². The summed E-state index contributed by atoms with van der Waals surface area (Å²) in [4.78, 5) is 12.1. The second-order valence-corrected chi connectivity index (χ2v) is 7.62. The molecule has 0 aliphatic rings. The number of hydrogen-bond donors (Lipinski definition) is 1. The van der Waals surface area contributed by atoms with Crippen LogP contribution in [0.25, 0.3) is 0 Å². The molecule has 24 heavy (non-hydrogen) atoms. The van der Waals surface area contributed by atoms with Gasteiger partial charge in [-0.25, -0.2) is 12.8 Å². The topological polar surface area (TPSA) is 66.5 Å². The zero-order valence-electron chi connectivity index (χ0n) is 12.5. The Labute approximate surface area is 149 Å². The summed E-state index contributed by atoms with van der Waals surface area (Å²) < 4.78 is 38.4. The highest BCUT2D eigenvalue weighted by molar-refractivity contribution is 7.92. The number of carbonyl (C=O) groups is 1. The Morgan fingerprint density at radius 3 is 2.42 bits per heavy atom. The van der Waals surface area contributed by atoms with E-state index in [0.717, 1.165) is 12.3 Å². The molecule has 0 bridgehead atoms. The van der Waals surface area contributed by atoms with Gasteiger partial charge in [0.25, 0.3) is 0 Å². The minimum absolute atomic E-state index is 0.204. The summed E-state index contributed by atoms with van der Waals surface area (Å²) in [6, 6.07) is 9.73. The van der Waals surface area contributed by atoms with Gasteiger partial charge < -0.3 is 5.32 Å². The molecule has 0 aromatic heterocycles. The fourth-order valence-corrected chi connectivity index (χ4v) is 3.10. The molecule has 1 N–H and O–H groups in total. The Kier molecular flexibility index (Phi) is 5.69. The van der Waals surface area contributed by atoms with Gasteiger partial charge in [-0.05, 0) is 30.3 Å². The Hall–Kier alpha value is -1.83. The molecule has 0 spiro atoms. The zero-order valence-corrected chi connectivity index (χ0v) is 14.8. The number of amides is 1. The van der Waals surface area contributed by atoms with Crippen LogP contribution in [0.15, 0.2) is 42.5 Å². The second kappa shape index (κ2) is 7.38. The first-order valence-corrected chi connectivity index (χ1v) is 9.26. The van der Waals surface area contributed by atoms with Gasteiger partial charge in [-0.3, -0.25) is 9.10 Å². The normalized spacial score (nSPS) is 11.2. The molecule has 1 amide bonds. The van der Waals surface area contributed by atoms with Crippen molar-refractivity contribution in [2.24, 2.45) is 0 Å². The fraction of sp³-hybridized carbons (Fsp3) is 0.133. The number of rotatable bonds is 5. The molecule has 128 valence electrons. The van der Waals surface area contributed by atoms with Gasteiger partial charge in [-0.15, -0.1) is 0 Å². The molecule has 0 aliphatic heterocycles. The van der Waals surface area contributed by atoms with E-state index in [-0.39, 0.29) is 10.7 Å². The van der Waals surface area contributed by atoms with Crippen LogP contribution in [0.5, 0.6) is 0 Å². The van der Waals surface area contributed by atoms with Gasteiger partial charge in [0.15, 0.2) is 0 Å². The molecule has 2 rings (SSSR count). The third-order valence-corrected chi connectivity index (χ3v) is 4.88. The number of hydrogen-bond acceptors (Lipinski definition) is 3. The van der Waals surface area contributed by atoms with Gasteiger partial charge in [-0.1, -0.05) is 35.3 Å². The average Bonchev–Trinajstić information content (AvgIpc) is 2.48. The molecule has 0 aliphatic carbocycles. The monoisotopic (exact) mass is 390 g/mol. The maximum atomic E-state index is 13.9. The molecule has 0 atom stereocenters. The minimum atomic E-state index is -3.86. The van der Waals surface area contributed by atoms with E-state index in [4.69, 9.17) is 23.2 Å². The van der Waals surface area contributed by atoms with E-state index in [2.05, 4.69) is 5.32 Å². The quantitative estimate of drug-likeness (QED) is 0.848. The molecule has 0 heterocycles. The number of para-hydroxylation sites is 1. The zero-order chi connectivity index (χ0) is 17.9. The molecule has 2 aromatic rings. The standard InChI is InChI=1S/C15H13Cl2FN2O3S/c1-24(22,23)20(14-5-3-2-4-13(14)18)9-15(21)19-10-6-7-11(16)12(17)8-10/h2-8H,9H2,1H3,(H,19,21). The van der Waals surface area contributed by atoms with E-state index >= 15 is 0 Å². The lowest BCUT2D eigenvalue weighted by atomic mass is 10.3. The second-order valence-electron chi connectivity index (χ2n) is 4.90. The maximum Gasteiger partial charge on any atom is 0.245 e. The van der Waals surface area contributed by atoms with Crippen LogP contribution in [0.3, 0.4) is 0 Å². The summed E-state index contributed by atoms with van der Waals surface area (Å²) in [7, 11) is -3.86. The molecule has 5 nitrogen and oxygen atoms in total. The Morgan fingerprint density at radius 1 is 1.17 bits per heavy atom. The highest BCUT2D eigenvalue weighted by Gasteiger charge is 2.23. The third-order valence-electron chi connectivity index (χ3n) is 3.01. The molecule has 0 fully saturated rings. The van der Waals surface area contributed by atoms with Gasteiger partial charge in [0.2, 0.25) is 15.9 Å². The lowest BCUT2D eigenvalue weighted by Gasteiger charge is -2.22. The average molecular weight is 391 g/mol. The fourth-order valence-electron chi connectivity index (χ4n) is 1.94. The lowest BCUT2D eigenvalue weighted by molar-refractivity contribution is -0.114. The van der Waals surface area contributed by atoms with Crippen molar-refractivity contribution >= 4 is 50.5 Å². The van der Waals surface area contributed by atoms with Crippen molar-refractivity contribution in [1.29, 1.82) is 0 Å². The smallest absolute Gasteiger partial charge is 0.245 e. The highest BCUT2D eigenvalue weighted by Crippen LogP contribution is 2.25. The van der Waals surface area contributed by atoms with E-state index in [1.165, 1.54) is 36.4 Å². The van der Waals surface area contributed by atoms with Gasteiger partial charge >= 0.3 is 0 Å². The molecule has 2 aromatic carbocycles. The Morgan fingerprint density at radius 2 is 1.83 bits per heavy atom. The summed E-state index contributed by atoms with van der Waals surface area (Å²) in [5.74, 6) is -1.40. The Balaban J connectivity index is 2.22. The van der Waals surface area contributed by atoms with E-state index < -0.39 is 28.3 Å². The number of anilines is 2. The largest absolute Gasteiger partial charge is 0.324 e. The number of sulfonamides is 1. The number of carbonyl (C=O) groups excluding carboxylic acids is 1. The third kappa shape index (κ3) is 4.59. The van der Waals surface area contributed by atoms with E-state index in [0.29, 0.717) is 15.0 Å². The summed E-state index contributed by atoms with van der Waals surface area (Å²) in [5, 5.41) is 3.05. The predicted molar refractivity (Wildman–Crippen MR) is 93.7 cm³/mol. The molecule has 9 heteroatoms. The van der Waals surface area contributed by atoms with Crippen LogP contribution in [0.1, 0.15) is 0 Å². The van der Waals surface area contributed by atoms with Crippen molar-refractivity contribution in [3.05, 3.63) is 58.3 Å². The maximum absolute atomic E-state index is 13.9. The van der Waals surface area contributed by atoms with Gasteiger partial charge in [0.05, 0.1) is 22.0 Å². The number of halogens is 3. The van der Waals surface area contributed by atoms with Crippen LogP contribution in [0, 0.1) is 5.82 Å². The van der Waals surface area contributed by atoms with Crippen molar-refractivity contribution in [2.75, 3.05) is 22.4 Å². The number of benzene rings is 2. The molecule has 0 saturated carbocycles. The first kappa shape index (κ1) is 18.5. The number of nitrogens with zero attached hydrogens (tertiary/aromatic N) is 1. The van der Waals surface area contributed by atoms with E-state index in [1.807, 2.05) is 0 Å². The van der Waals surface area contributed by atoms with Gasteiger partial charge in [0.1, 0.15) is 12.4 Å². The minimum Gasteiger partial charge on any atom is -0.324 e. The summed E-state index contributed by atoms with van der Waals surface area (Å²) in [6.45, 7) is -0.583. The lowest BCUT2D eigenvalue weighted by Crippen LogP contribution is -2.38. The molecule has 0 saturated heterocycles. The first-order valence-electron chi connectivity index (χ1n) is 6.65. The van der Waals surface area contributed by atoms with Gasteiger partial charge in [-0.2, -0.15) is 0 Å². The van der Waals surface area contributed by atoms with Crippen molar-refractivity contribution in [1.82, 2.24) is 0 Å². The van der Waals surface area contributed by atoms with Crippen molar-refractivity contribution in [2.45, 2.75) is 0 Å².